The average molecular weight is 241 g/mol. The maximum absolute atomic E-state index is 4.37. The summed E-state index contributed by atoms with van der Waals surface area (Å²) >= 11 is 0. The van der Waals surface area contributed by atoms with Crippen molar-refractivity contribution in [1.29, 1.82) is 0 Å². The summed E-state index contributed by atoms with van der Waals surface area (Å²) in [5, 5.41) is 8.83. The van der Waals surface area contributed by atoms with Gasteiger partial charge in [-0.2, -0.15) is 5.10 Å². The molecule has 5 nitrogen and oxygen atoms in total. The molecule has 2 atom stereocenters. The second-order valence-electron chi connectivity index (χ2n) is 5.26. The minimum Gasteiger partial charge on any atom is -0.316 e. The minimum absolute atomic E-state index is 0.827. The molecule has 2 aliphatic rings. The van der Waals surface area contributed by atoms with E-state index in [0.29, 0.717) is 0 Å². The molecule has 1 N–H and O–H groups in total. The lowest BCUT2D eigenvalue weighted by molar-refractivity contribution is 0.494. The van der Waals surface area contributed by atoms with Gasteiger partial charge >= 0.3 is 0 Å². The van der Waals surface area contributed by atoms with Crippen LogP contribution in [0.3, 0.4) is 0 Å². The van der Waals surface area contributed by atoms with Crippen LogP contribution in [-0.2, 0) is 0 Å². The Kier molecular flexibility index (Phi) is 2.20. The van der Waals surface area contributed by atoms with Crippen LogP contribution in [0.2, 0.25) is 0 Å². The number of rotatable bonds is 1. The maximum atomic E-state index is 4.37. The van der Waals surface area contributed by atoms with Crippen molar-refractivity contribution in [2.24, 2.45) is 11.8 Å². The van der Waals surface area contributed by atoms with Crippen LogP contribution in [0.15, 0.2) is 24.3 Å². The Hall–Kier alpha value is -1.75. The van der Waals surface area contributed by atoms with Gasteiger partial charge in [-0.3, -0.25) is 0 Å². The molecule has 0 spiro atoms. The Morgan fingerprint density at radius 1 is 1.22 bits per heavy atom. The zero-order chi connectivity index (χ0) is 11.9. The van der Waals surface area contributed by atoms with E-state index in [-0.39, 0.29) is 0 Å². The SMILES string of the molecule is C(=C1C[C@H]2CNC[C@H]2C1)n1ncc2cncnc21. The molecule has 92 valence electrons. The summed E-state index contributed by atoms with van der Waals surface area (Å²) in [5.41, 5.74) is 2.39. The van der Waals surface area contributed by atoms with Gasteiger partial charge in [-0.05, 0) is 37.8 Å². The smallest absolute Gasteiger partial charge is 0.165 e. The third-order valence-electron chi connectivity index (χ3n) is 4.09. The summed E-state index contributed by atoms with van der Waals surface area (Å²) in [6.45, 7) is 2.34. The molecule has 2 fully saturated rings. The fourth-order valence-corrected chi connectivity index (χ4v) is 3.19. The van der Waals surface area contributed by atoms with Crippen molar-refractivity contribution in [3.8, 4) is 0 Å². The van der Waals surface area contributed by atoms with E-state index in [1.807, 2.05) is 10.9 Å². The van der Waals surface area contributed by atoms with E-state index >= 15 is 0 Å². The average Bonchev–Trinajstić information content (AvgIpc) is 3.04. The van der Waals surface area contributed by atoms with Gasteiger partial charge < -0.3 is 5.32 Å². The number of aromatic nitrogens is 4. The lowest BCUT2D eigenvalue weighted by Gasteiger charge is -2.02. The van der Waals surface area contributed by atoms with Gasteiger partial charge in [0.1, 0.15) is 6.33 Å². The monoisotopic (exact) mass is 241 g/mol. The van der Waals surface area contributed by atoms with E-state index in [1.165, 1.54) is 31.5 Å². The van der Waals surface area contributed by atoms with Crippen LogP contribution in [0.25, 0.3) is 17.2 Å². The van der Waals surface area contributed by atoms with Gasteiger partial charge in [-0.25, -0.2) is 14.6 Å². The van der Waals surface area contributed by atoms with Crippen LogP contribution in [0.4, 0.5) is 0 Å². The van der Waals surface area contributed by atoms with Gasteiger partial charge in [0.2, 0.25) is 0 Å². The van der Waals surface area contributed by atoms with Crippen LogP contribution in [0, 0.1) is 11.8 Å². The second kappa shape index (κ2) is 3.88. The molecule has 1 aliphatic heterocycles. The van der Waals surface area contributed by atoms with Gasteiger partial charge in [-0.1, -0.05) is 5.57 Å². The second-order valence-corrected chi connectivity index (χ2v) is 5.26. The first-order valence-electron chi connectivity index (χ1n) is 6.43. The quantitative estimate of drug-likeness (QED) is 0.817. The largest absolute Gasteiger partial charge is 0.316 e. The molecule has 1 aliphatic carbocycles. The lowest BCUT2D eigenvalue weighted by Crippen LogP contribution is -2.09. The summed E-state index contributed by atoms with van der Waals surface area (Å²) in [6.07, 6.45) is 9.76. The molecule has 0 bridgehead atoms. The number of allylic oxidation sites excluding steroid dienone is 1. The molecule has 1 saturated carbocycles. The van der Waals surface area contributed by atoms with Gasteiger partial charge in [0, 0.05) is 12.4 Å². The Labute approximate surface area is 105 Å². The first-order valence-corrected chi connectivity index (χ1v) is 6.43. The molecule has 18 heavy (non-hydrogen) atoms. The molecule has 2 aromatic rings. The third-order valence-corrected chi connectivity index (χ3v) is 4.09. The molecule has 0 radical (unpaired) electrons. The molecule has 2 aromatic heterocycles. The molecule has 0 unspecified atom stereocenters. The highest BCUT2D eigenvalue weighted by molar-refractivity contribution is 5.75. The van der Waals surface area contributed by atoms with Gasteiger partial charge in [-0.15, -0.1) is 0 Å². The molecular weight excluding hydrogens is 226 g/mol. The third kappa shape index (κ3) is 1.54. The zero-order valence-electron chi connectivity index (χ0n) is 10.1. The normalized spacial score (nSPS) is 29.2. The standard InChI is InChI=1S/C13H15N5/c1-9(2-11-4-14-3-10(1)11)7-18-13-12(6-17-18)5-15-8-16-13/h5-8,10-11,14H,1-4H2/t10-,11+. The Bertz CT molecular complexity index is 601. The van der Waals surface area contributed by atoms with Crippen LogP contribution in [0.1, 0.15) is 12.8 Å². The predicted molar refractivity (Wildman–Crippen MR) is 68.7 cm³/mol. The van der Waals surface area contributed by atoms with Gasteiger partial charge in [0.15, 0.2) is 5.65 Å². The summed E-state index contributed by atoms with van der Waals surface area (Å²) in [5.74, 6) is 1.65. The number of nitrogens with zero attached hydrogens (tertiary/aromatic N) is 4. The maximum Gasteiger partial charge on any atom is 0.165 e. The van der Waals surface area contributed by atoms with E-state index in [2.05, 4.69) is 26.6 Å². The summed E-state index contributed by atoms with van der Waals surface area (Å²) in [6, 6.07) is 0. The van der Waals surface area contributed by atoms with Crippen molar-refractivity contribution in [1.82, 2.24) is 25.1 Å². The van der Waals surface area contributed by atoms with Gasteiger partial charge in [0.25, 0.3) is 0 Å². The molecule has 1 saturated heterocycles. The van der Waals surface area contributed by atoms with Crippen molar-refractivity contribution in [2.75, 3.05) is 13.1 Å². The summed E-state index contributed by atoms with van der Waals surface area (Å²) in [7, 11) is 0. The summed E-state index contributed by atoms with van der Waals surface area (Å²) < 4.78 is 1.89. The van der Waals surface area contributed by atoms with E-state index < -0.39 is 0 Å². The van der Waals surface area contributed by atoms with Crippen molar-refractivity contribution in [2.45, 2.75) is 12.8 Å². The van der Waals surface area contributed by atoms with E-state index in [9.17, 15) is 0 Å². The molecule has 0 amide bonds. The molecular formula is C13H15N5. The Morgan fingerprint density at radius 2 is 2.06 bits per heavy atom. The van der Waals surface area contributed by atoms with Crippen molar-refractivity contribution >= 4 is 17.2 Å². The fraction of sp³-hybridized carbons (Fsp3) is 0.462. The number of hydrogen-bond acceptors (Lipinski definition) is 4. The molecule has 4 rings (SSSR count). The summed E-state index contributed by atoms with van der Waals surface area (Å²) in [4.78, 5) is 8.30. The fourth-order valence-electron chi connectivity index (χ4n) is 3.19. The highest BCUT2D eigenvalue weighted by Gasteiger charge is 2.34. The number of hydrogen-bond donors (Lipinski definition) is 1. The first kappa shape index (κ1) is 10.2. The minimum atomic E-state index is 0.827. The Morgan fingerprint density at radius 3 is 2.89 bits per heavy atom. The number of fused-ring (bicyclic) bond motifs is 2. The van der Waals surface area contributed by atoms with Crippen molar-refractivity contribution in [3.05, 3.63) is 24.3 Å². The van der Waals surface area contributed by atoms with Crippen molar-refractivity contribution < 1.29 is 0 Å². The van der Waals surface area contributed by atoms with E-state index in [1.54, 1.807) is 12.5 Å². The lowest BCUT2D eigenvalue weighted by atomic mass is 10.0. The first-order chi connectivity index (χ1) is 8.90. The van der Waals surface area contributed by atoms with Gasteiger partial charge in [0.05, 0.1) is 11.6 Å². The number of nitrogens with one attached hydrogen (secondary N) is 1. The van der Waals surface area contributed by atoms with Crippen LogP contribution >= 0.6 is 0 Å². The topological polar surface area (TPSA) is 55.6 Å². The molecule has 0 aromatic carbocycles. The van der Waals surface area contributed by atoms with Crippen LogP contribution in [-0.4, -0.2) is 32.8 Å². The van der Waals surface area contributed by atoms with Crippen LogP contribution in [0.5, 0.6) is 0 Å². The van der Waals surface area contributed by atoms with Crippen molar-refractivity contribution in [3.63, 3.8) is 0 Å². The van der Waals surface area contributed by atoms with E-state index in [4.69, 9.17) is 0 Å². The predicted octanol–water partition coefficient (Wildman–Crippen LogP) is 1.30. The highest BCUT2D eigenvalue weighted by Crippen LogP contribution is 2.38. The molecule has 3 heterocycles. The Balaban J connectivity index is 1.68. The zero-order valence-corrected chi connectivity index (χ0v) is 10.1. The highest BCUT2D eigenvalue weighted by atomic mass is 15.3. The molecule has 5 heteroatoms. The van der Waals surface area contributed by atoms with E-state index in [0.717, 1.165) is 22.9 Å². The van der Waals surface area contributed by atoms with Crippen LogP contribution < -0.4 is 5.32 Å².